The number of carbonyl (C=O) groups excluding carboxylic acids is 1. The summed E-state index contributed by atoms with van der Waals surface area (Å²) >= 11 is 6.07. The maximum absolute atomic E-state index is 12.7. The van der Waals surface area contributed by atoms with Gasteiger partial charge in [-0.2, -0.15) is 0 Å². The minimum Gasteiger partial charge on any atom is -0.481 e. The highest BCUT2D eigenvalue weighted by molar-refractivity contribution is 7.92. The first-order chi connectivity index (χ1) is 15.5. The highest BCUT2D eigenvalue weighted by Gasteiger charge is 2.18. The fourth-order valence-electron chi connectivity index (χ4n) is 3.20. The maximum atomic E-state index is 12.7. The Labute approximate surface area is 200 Å². The fourth-order valence-corrected chi connectivity index (χ4v) is 4.43. The van der Waals surface area contributed by atoms with Crippen LogP contribution in [-0.4, -0.2) is 20.4 Å². The summed E-state index contributed by atoms with van der Waals surface area (Å²) in [4.78, 5) is 12.7. The number of ether oxygens (including phenoxy) is 1. The highest BCUT2D eigenvalue weighted by Crippen LogP contribution is 2.25. The van der Waals surface area contributed by atoms with Crippen molar-refractivity contribution in [1.29, 1.82) is 0 Å². The van der Waals surface area contributed by atoms with Crippen molar-refractivity contribution in [3.8, 4) is 5.75 Å². The molecule has 0 fully saturated rings. The molecule has 8 heteroatoms. The Kier molecular flexibility index (Phi) is 7.34. The largest absolute Gasteiger partial charge is 0.481 e. The first-order valence-electron chi connectivity index (χ1n) is 10.4. The average molecular weight is 487 g/mol. The number of rotatable bonds is 7. The number of amides is 1. The molecule has 3 aromatic rings. The minimum absolute atomic E-state index is 0.0624. The Morgan fingerprint density at radius 1 is 0.909 bits per heavy atom. The zero-order valence-electron chi connectivity index (χ0n) is 19.2. The first-order valence-corrected chi connectivity index (χ1v) is 12.3. The molecule has 33 heavy (non-hydrogen) atoms. The van der Waals surface area contributed by atoms with Gasteiger partial charge in [0.05, 0.1) is 10.6 Å². The van der Waals surface area contributed by atoms with Crippen LogP contribution in [0.1, 0.15) is 29.2 Å². The molecule has 0 aliphatic rings. The Hall–Kier alpha value is -3.03. The van der Waals surface area contributed by atoms with Crippen LogP contribution in [0.4, 0.5) is 11.4 Å². The van der Waals surface area contributed by atoms with E-state index in [-0.39, 0.29) is 10.8 Å². The second-order valence-corrected chi connectivity index (χ2v) is 10.1. The average Bonchev–Trinajstić information content (AvgIpc) is 2.74. The summed E-state index contributed by atoms with van der Waals surface area (Å²) in [7, 11) is -3.80. The number of aryl methyl sites for hydroxylation is 3. The van der Waals surface area contributed by atoms with E-state index in [1.807, 2.05) is 33.8 Å². The van der Waals surface area contributed by atoms with Crippen LogP contribution in [0.2, 0.25) is 5.02 Å². The lowest BCUT2D eigenvalue weighted by Crippen LogP contribution is -2.30. The molecule has 0 spiro atoms. The molecule has 6 nitrogen and oxygen atoms in total. The number of sulfonamides is 1. The van der Waals surface area contributed by atoms with Crippen molar-refractivity contribution in [1.82, 2.24) is 0 Å². The van der Waals surface area contributed by atoms with Gasteiger partial charge in [0, 0.05) is 10.7 Å². The molecule has 3 rings (SSSR count). The topological polar surface area (TPSA) is 84.5 Å². The lowest BCUT2D eigenvalue weighted by atomic mass is 10.1. The van der Waals surface area contributed by atoms with E-state index >= 15 is 0 Å². The summed E-state index contributed by atoms with van der Waals surface area (Å²) in [5, 5.41) is 3.23. The third-order valence-electron chi connectivity index (χ3n) is 5.29. The van der Waals surface area contributed by atoms with Crippen LogP contribution >= 0.6 is 11.6 Å². The van der Waals surface area contributed by atoms with E-state index in [4.69, 9.17) is 16.3 Å². The van der Waals surface area contributed by atoms with Crippen molar-refractivity contribution in [2.24, 2.45) is 0 Å². The van der Waals surface area contributed by atoms with Gasteiger partial charge in [0.2, 0.25) is 0 Å². The molecule has 3 aromatic carbocycles. The fraction of sp³-hybridized carbons (Fsp3) is 0.240. The predicted octanol–water partition coefficient (Wildman–Crippen LogP) is 5.78. The third-order valence-corrected chi connectivity index (χ3v) is 7.10. The number of carbonyl (C=O) groups is 1. The van der Waals surface area contributed by atoms with E-state index in [2.05, 4.69) is 16.1 Å². The Bertz CT molecular complexity index is 1290. The molecule has 0 saturated carbocycles. The Balaban J connectivity index is 1.67. The molecule has 1 amide bonds. The molecule has 1 atom stereocenters. The van der Waals surface area contributed by atoms with Gasteiger partial charge >= 0.3 is 0 Å². The van der Waals surface area contributed by atoms with Crippen LogP contribution in [0.3, 0.4) is 0 Å². The van der Waals surface area contributed by atoms with Gasteiger partial charge in [-0.3, -0.25) is 9.52 Å². The second kappa shape index (κ2) is 9.85. The van der Waals surface area contributed by atoms with Gasteiger partial charge in [-0.25, -0.2) is 8.42 Å². The summed E-state index contributed by atoms with van der Waals surface area (Å²) in [6.45, 7) is 9.43. The van der Waals surface area contributed by atoms with Crippen molar-refractivity contribution < 1.29 is 17.9 Å². The summed E-state index contributed by atoms with van der Waals surface area (Å²) in [5.74, 6) is 0.329. The van der Waals surface area contributed by atoms with E-state index in [1.165, 1.54) is 24.3 Å². The quantitative estimate of drug-likeness (QED) is 0.443. The normalized spacial score (nSPS) is 12.2. The summed E-state index contributed by atoms with van der Waals surface area (Å²) in [6, 6.07) is 14.8. The van der Waals surface area contributed by atoms with E-state index in [9.17, 15) is 13.2 Å². The highest BCUT2D eigenvalue weighted by atomic mass is 35.5. The van der Waals surface area contributed by atoms with Crippen LogP contribution in [0.15, 0.2) is 59.5 Å². The SMILES string of the molecule is Cc1cc(C)c(C)c(OC(C)C(=O)Nc2ccc(S(=O)(=O)Nc3ccc(C)c(Cl)c3)cc2)c1. The van der Waals surface area contributed by atoms with Crippen LogP contribution in [0, 0.1) is 27.7 Å². The van der Waals surface area contributed by atoms with Crippen molar-refractivity contribution in [3.05, 3.63) is 81.9 Å². The lowest BCUT2D eigenvalue weighted by molar-refractivity contribution is -0.122. The number of halogens is 1. The van der Waals surface area contributed by atoms with Gasteiger partial charge in [-0.15, -0.1) is 0 Å². The Morgan fingerprint density at radius 2 is 1.55 bits per heavy atom. The molecule has 0 radical (unpaired) electrons. The van der Waals surface area contributed by atoms with Crippen molar-refractivity contribution in [3.63, 3.8) is 0 Å². The molecule has 0 bridgehead atoms. The molecule has 174 valence electrons. The zero-order valence-corrected chi connectivity index (χ0v) is 20.8. The van der Waals surface area contributed by atoms with E-state index in [0.717, 1.165) is 22.3 Å². The Morgan fingerprint density at radius 3 is 2.18 bits per heavy atom. The third kappa shape index (κ3) is 6.06. The van der Waals surface area contributed by atoms with E-state index in [1.54, 1.807) is 25.1 Å². The first kappa shape index (κ1) is 24.6. The van der Waals surface area contributed by atoms with E-state index < -0.39 is 16.1 Å². The van der Waals surface area contributed by atoms with Crippen molar-refractivity contribution >= 4 is 38.9 Å². The molecule has 2 N–H and O–H groups in total. The van der Waals surface area contributed by atoms with Gasteiger partial charge < -0.3 is 10.1 Å². The van der Waals surface area contributed by atoms with Crippen molar-refractivity contribution in [2.75, 3.05) is 10.0 Å². The van der Waals surface area contributed by atoms with Gasteiger partial charge in [-0.05, 0) is 99.3 Å². The minimum atomic E-state index is -3.80. The number of hydrogen-bond donors (Lipinski definition) is 2. The van der Waals surface area contributed by atoms with Crippen LogP contribution in [-0.2, 0) is 14.8 Å². The molecule has 0 aromatic heterocycles. The monoisotopic (exact) mass is 486 g/mol. The van der Waals surface area contributed by atoms with Gasteiger partial charge in [0.1, 0.15) is 5.75 Å². The zero-order chi connectivity index (χ0) is 24.3. The number of hydrogen-bond acceptors (Lipinski definition) is 4. The molecule has 1 unspecified atom stereocenters. The molecule has 0 aliphatic carbocycles. The molecule has 0 aliphatic heterocycles. The van der Waals surface area contributed by atoms with Crippen LogP contribution < -0.4 is 14.8 Å². The molecule has 0 saturated heterocycles. The number of benzene rings is 3. The van der Waals surface area contributed by atoms with Crippen LogP contribution in [0.5, 0.6) is 5.75 Å². The van der Waals surface area contributed by atoms with Gasteiger partial charge in [0.15, 0.2) is 6.10 Å². The van der Waals surface area contributed by atoms with Gasteiger partial charge in [-0.1, -0.05) is 23.7 Å². The second-order valence-electron chi connectivity index (χ2n) is 8.05. The van der Waals surface area contributed by atoms with Gasteiger partial charge in [0.25, 0.3) is 15.9 Å². The maximum Gasteiger partial charge on any atom is 0.265 e. The summed E-state index contributed by atoms with van der Waals surface area (Å²) in [5.41, 5.74) is 4.82. The molecule has 0 heterocycles. The standard InChI is InChI=1S/C25H27ClN2O4S/c1-15-12-17(3)18(4)24(13-15)32-19(5)25(29)27-20-8-10-22(11-9-20)33(30,31)28-21-7-6-16(2)23(26)14-21/h6-14,19,28H,1-5H3,(H,27,29). The number of anilines is 2. The molecular formula is C25H27ClN2O4S. The summed E-state index contributed by atoms with van der Waals surface area (Å²) in [6.07, 6.45) is -0.735. The summed E-state index contributed by atoms with van der Waals surface area (Å²) < 4.78 is 33.7. The van der Waals surface area contributed by atoms with E-state index in [0.29, 0.717) is 22.1 Å². The van der Waals surface area contributed by atoms with Crippen LogP contribution in [0.25, 0.3) is 0 Å². The predicted molar refractivity (Wildman–Crippen MR) is 133 cm³/mol. The van der Waals surface area contributed by atoms with Crippen molar-refractivity contribution in [2.45, 2.75) is 45.6 Å². The smallest absolute Gasteiger partial charge is 0.265 e. The lowest BCUT2D eigenvalue weighted by Gasteiger charge is -2.18. The number of nitrogens with one attached hydrogen (secondary N) is 2. The molecular weight excluding hydrogens is 460 g/mol.